The van der Waals surface area contributed by atoms with Crippen LogP contribution in [-0.2, 0) is 0 Å². The summed E-state index contributed by atoms with van der Waals surface area (Å²) in [5.41, 5.74) is 0. The van der Waals surface area contributed by atoms with Crippen LogP contribution in [0, 0.1) is 0 Å². The molecule has 0 aliphatic rings. The van der Waals surface area contributed by atoms with Gasteiger partial charge < -0.3 is 5.11 Å². The molecule has 0 atom stereocenters. The van der Waals surface area contributed by atoms with Crippen molar-refractivity contribution in [3.05, 3.63) is 0 Å². The fourth-order valence-electron chi connectivity index (χ4n) is 0.358. The summed E-state index contributed by atoms with van der Waals surface area (Å²) in [7, 11) is 0. The molecule has 0 saturated heterocycles. The van der Waals surface area contributed by atoms with Gasteiger partial charge in [0, 0.05) is 6.54 Å². The Morgan fingerprint density at radius 3 is 2.43 bits per heavy atom. The highest BCUT2D eigenvalue weighted by Gasteiger charge is 1.88. The van der Waals surface area contributed by atoms with Gasteiger partial charge in [-0.3, -0.25) is 5.84 Å². The third kappa shape index (κ3) is 3.72. The summed E-state index contributed by atoms with van der Waals surface area (Å²) in [6.45, 7) is 2.72. The second-order valence-corrected chi connectivity index (χ2v) is 1.45. The third-order valence-electron chi connectivity index (χ3n) is 0.692. The molecule has 0 aromatic heterocycles. The first-order chi connectivity index (χ1) is 3.31. The summed E-state index contributed by atoms with van der Waals surface area (Å²) in [6, 6.07) is 0. The average Bonchev–Trinajstić information content (AvgIpc) is 1.68. The van der Waals surface area contributed by atoms with Crippen LogP contribution in [0.25, 0.3) is 0 Å². The maximum atomic E-state index is 8.27. The van der Waals surface area contributed by atoms with E-state index in [-0.39, 0.29) is 6.73 Å². The van der Waals surface area contributed by atoms with Gasteiger partial charge in [-0.25, -0.2) is 5.01 Å². The minimum Gasteiger partial charge on any atom is -0.380 e. The van der Waals surface area contributed by atoms with Crippen molar-refractivity contribution in [2.45, 2.75) is 13.3 Å². The van der Waals surface area contributed by atoms with Gasteiger partial charge in [0.1, 0.15) is 6.73 Å². The summed E-state index contributed by atoms with van der Waals surface area (Å²) >= 11 is 0. The van der Waals surface area contributed by atoms with Crippen molar-refractivity contribution in [3.8, 4) is 0 Å². The summed E-state index contributed by atoms with van der Waals surface area (Å²) in [4.78, 5) is 0. The van der Waals surface area contributed by atoms with Crippen LogP contribution in [0.1, 0.15) is 13.3 Å². The molecule has 0 aliphatic heterocycles. The first-order valence-electron chi connectivity index (χ1n) is 2.41. The number of hydrogen-bond donors (Lipinski definition) is 2. The summed E-state index contributed by atoms with van der Waals surface area (Å²) in [6.07, 6.45) is 0.983. The van der Waals surface area contributed by atoms with E-state index in [9.17, 15) is 0 Å². The smallest absolute Gasteiger partial charge is 0.108 e. The van der Waals surface area contributed by atoms with E-state index in [0.29, 0.717) is 0 Å². The molecule has 0 aliphatic carbocycles. The maximum Gasteiger partial charge on any atom is 0.108 e. The van der Waals surface area contributed by atoms with Crippen LogP contribution in [-0.4, -0.2) is 23.4 Å². The highest BCUT2D eigenvalue weighted by Crippen LogP contribution is 1.76. The Bertz CT molecular complexity index is 40.7. The lowest BCUT2D eigenvalue weighted by molar-refractivity contribution is 0.108. The van der Waals surface area contributed by atoms with Crippen LogP contribution < -0.4 is 5.84 Å². The van der Waals surface area contributed by atoms with E-state index >= 15 is 0 Å². The second kappa shape index (κ2) is 4.05. The predicted molar refractivity (Wildman–Crippen MR) is 28.3 cm³/mol. The third-order valence-corrected chi connectivity index (χ3v) is 0.692. The van der Waals surface area contributed by atoms with Crippen LogP contribution in [0.2, 0.25) is 0 Å². The minimum absolute atomic E-state index is 0.0478. The zero-order chi connectivity index (χ0) is 5.70. The van der Waals surface area contributed by atoms with E-state index < -0.39 is 0 Å². The average molecular weight is 104 g/mol. The van der Waals surface area contributed by atoms with Crippen LogP contribution in [0.3, 0.4) is 0 Å². The van der Waals surface area contributed by atoms with Crippen molar-refractivity contribution >= 4 is 0 Å². The predicted octanol–water partition coefficient (Wildman–Crippen LogP) is -0.478. The molecular formula is C4H12N2O. The van der Waals surface area contributed by atoms with Gasteiger partial charge in [-0.2, -0.15) is 0 Å². The maximum absolute atomic E-state index is 8.27. The lowest BCUT2D eigenvalue weighted by atomic mass is 10.5. The molecule has 3 N–H and O–H groups in total. The molecule has 0 fully saturated rings. The molecule has 0 unspecified atom stereocenters. The lowest BCUT2D eigenvalue weighted by Gasteiger charge is -2.08. The Hall–Kier alpha value is -0.120. The van der Waals surface area contributed by atoms with Crippen LogP contribution >= 0.6 is 0 Å². The van der Waals surface area contributed by atoms with Gasteiger partial charge in [0.25, 0.3) is 0 Å². The molecule has 0 rings (SSSR count). The first-order valence-corrected chi connectivity index (χ1v) is 2.41. The second-order valence-electron chi connectivity index (χ2n) is 1.45. The molecule has 0 heterocycles. The van der Waals surface area contributed by atoms with Crippen molar-refractivity contribution < 1.29 is 5.11 Å². The number of nitrogens with zero attached hydrogens (tertiary/aromatic N) is 1. The number of hydrazine groups is 1. The van der Waals surface area contributed by atoms with Crippen molar-refractivity contribution in [3.63, 3.8) is 0 Å². The van der Waals surface area contributed by atoms with E-state index in [1.54, 1.807) is 0 Å². The van der Waals surface area contributed by atoms with Crippen LogP contribution in [0.15, 0.2) is 0 Å². The largest absolute Gasteiger partial charge is 0.380 e. The highest BCUT2D eigenvalue weighted by molar-refractivity contribution is 4.34. The van der Waals surface area contributed by atoms with Gasteiger partial charge in [-0.05, 0) is 6.42 Å². The van der Waals surface area contributed by atoms with Crippen LogP contribution in [0.4, 0.5) is 0 Å². The molecule has 0 amide bonds. The highest BCUT2D eigenvalue weighted by atomic mass is 16.3. The Kier molecular flexibility index (Phi) is 3.98. The molecule has 0 aromatic rings. The SMILES string of the molecule is CCCN(N)CO. The zero-order valence-corrected chi connectivity index (χ0v) is 4.59. The number of aliphatic hydroxyl groups excluding tert-OH is 1. The molecule has 7 heavy (non-hydrogen) atoms. The van der Waals surface area contributed by atoms with Gasteiger partial charge in [-0.15, -0.1) is 0 Å². The lowest BCUT2D eigenvalue weighted by Crippen LogP contribution is -2.32. The number of rotatable bonds is 3. The molecule has 3 nitrogen and oxygen atoms in total. The molecule has 0 bridgehead atoms. The standard InChI is InChI=1S/C4H12N2O/c1-2-3-6(5)4-7/h7H,2-5H2,1H3. The number of nitrogens with two attached hydrogens (primary N) is 1. The first kappa shape index (κ1) is 6.88. The van der Waals surface area contributed by atoms with Crippen molar-refractivity contribution in [1.82, 2.24) is 5.01 Å². The Morgan fingerprint density at radius 1 is 1.71 bits per heavy atom. The molecular weight excluding hydrogens is 92.1 g/mol. The molecule has 0 aromatic carbocycles. The van der Waals surface area contributed by atoms with Crippen molar-refractivity contribution in [2.75, 3.05) is 13.3 Å². The minimum atomic E-state index is -0.0478. The van der Waals surface area contributed by atoms with Crippen molar-refractivity contribution in [1.29, 1.82) is 0 Å². The number of aliphatic hydroxyl groups is 1. The van der Waals surface area contributed by atoms with Gasteiger partial charge >= 0.3 is 0 Å². The molecule has 44 valence electrons. The van der Waals surface area contributed by atoms with E-state index in [2.05, 4.69) is 0 Å². The number of hydrogen-bond acceptors (Lipinski definition) is 3. The summed E-state index contributed by atoms with van der Waals surface area (Å²) < 4.78 is 0. The Balaban J connectivity index is 2.83. The quantitative estimate of drug-likeness (QED) is 0.289. The fourth-order valence-corrected chi connectivity index (χ4v) is 0.358. The van der Waals surface area contributed by atoms with Gasteiger partial charge in [0.2, 0.25) is 0 Å². The normalized spacial score (nSPS) is 10.3. The van der Waals surface area contributed by atoms with Gasteiger partial charge in [0.15, 0.2) is 0 Å². The molecule has 0 saturated carbocycles. The summed E-state index contributed by atoms with van der Waals surface area (Å²) in [5.74, 6) is 5.17. The molecule has 0 radical (unpaired) electrons. The van der Waals surface area contributed by atoms with E-state index in [0.717, 1.165) is 13.0 Å². The van der Waals surface area contributed by atoms with Crippen LogP contribution in [0.5, 0.6) is 0 Å². The van der Waals surface area contributed by atoms with Crippen molar-refractivity contribution in [2.24, 2.45) is 5.84 Å². The topological polar surface area (TPSA) is 49.5 Å². The molecule has 3 heteroatoms. The summed E-state index contributed by atoms with van der Waals surface area (Å²) in [5, 5.41) is 9.63. The Morgan fingerprint density at radius 2 is 2.29 bits per heavy atom. The van der Waals surface area contributed by atoms with E-state index in [1.165, 1.54) is 5.01 Å². The van der Waals surface area contributed by atoms with Gasteiger partial charge in [0.05, 0.1) is 0 Å². The monoisotopic (exact) mass is 104 g/mol. The zero-order valence-electron chi connectivity index (χ0n) is 4.59. The van der Waals surface area contributed by atoms with E-state index in [1.807, 2.05) is 6.92 Å². The van der Waals surface area contributed by atoms with Gasteiger partial charge in [-0.1, -0.05) is 6.92 Å². The fraction of sp³-hybridized carbons (Fsp3) is 1.00. The molecule has 0 spiro atoms. The van der Waals surface area contributed by atoms with E-state index in [4.69, 9.17) is 10.9 Å². The Labute approximate surface area is 43.7 Å².